The molecule has 0 unspecified atom stereocenters. The first-order chi connectivity index (χ1) is 6.02. The molecule has 0 saturated carbocycles. The summed E-state index contributed by atoms with van der Waals surface area (Å²) in [4.78, 5) is 14.5. The monoisotopic (exact) mass is 244 g/mol. The molecule has 13 heavy (non-hydrogen) atoms. The van der Waals surface area contributed by atoms with Crippen molar-refractivity contribution in [2.45, 2.75) is 13.0 Å². The van der Waals surface area contributed by atoms with E-state index in [-0.39, 0.29) is 11.6 Å². The summed E-state index contributed by atoms with van der Waals surface area (Å²) in [6.07, 6.45) is 1.30. The molecule has 0 fully saturated rings. The lowest BCUT2D eigenvalue weighted by Gasteiger charge is -2.06. The number of pyridine rings is 1. The van der Waals surface area contributed by atoms with Gasteiger partial charge in [-0.05, 0) is 28.9 Å². The molecule has 1 atom stereocenters. The molecule has 4 nitrogen and oxygen atoms in total. The van der Waals surface area contributed by atoms with E-state index in [1.807, 2.05) is 0 Å². The van der Waals surface area contributed by atoms with Crippen molar-refractivity contribution in [3.63, 3.8) is 0 Å². The molecule has 0 aliphatic rings. The van der Waals surface area contributed by atoms with E-state index in [0.29, 0.717) is 10.2 Å². The number of aromatic nitrogens is 1. The molecule has 1 aromatic heterocycles. The second-order valence-electron chi connectivity index (χ2n) is 2.68. The van der Waals surface area contributed by atoms with E-state index >= 15 is 0 Å². The zero-order valence-electron chi connectivity index (χ0n) is 6.99. The third kappa shape index (κ3) is 2.26. The number of aromatic carboxylic acids is 1. The van der Waals surface area contributed by atoms with Gasteiger partial charge in [0.1, 0.15) is 0 Å². The third-order valence-electron chi connectivity index (χ3n) is 1.55. The first-order valence-corrected chi connectivity index (χ1v) is 4.46. The molecular formula is C8H9BrN2O2. The average Bonchev–Trinajstić information content (AvgIpc) is 2.03. The standard InChI is InChI=1S/C8H9BrN2O2/c1-4(10)7-6(9)2-5(3-11-7)8(12)13/h2-4H,10H2,1H3,(H,12,13)/t4-/m0/s1. The van der Waals surface area contributed by atoms with Crippen molar-refractivity contribution in [3.05, 3.63) is 28.0 Å². The zero-order chi connectivity index (χ0) is 10.0. The molecule has 70 valence electrons. The molecule has 0 aromatic carbocycles. The quantitative estimate of drug-likeness (QED) is 0.828. The lowest BCUT2D eigenvalue weighted by molar-refractivity contribution is 0.0696. The predicted molar refractivity (Wildman–Crippen MR) is 51.5 cm³/mol. The predicted octanol–water partition coefficient (Wildman–Crippen LogP) is 1.56. The van der Waals surface area contributed by atoms with Crippen LogP contribution in [0.2, 0.25) is 0 Å². The van der Waals surface area contributed by atoms with Crippen molar-refractivity contribution in [2.24, 2.45) is 5.73 Å². The first-order valence-electron chi connectivity index (χ1n) is 3.66. The van der Waals surface area contributed by atoms with Crippen molar-refractivity contribution < 1.29 is 9.90 Å². The Kier molecular flexibility index (Phi) is 3.00. The number of carboxylic acids is 1. The van der Waals surface area contributed by atoms with Crippen LogP contribution in [0.3, 0.4) is 0 Å². The van der Waals surface area contributed by atoms with Gasteiger partial charge in [-0.25, -0.2) is 4.79 Å². The average molecular weight is 245 g/mol. The van der Waals surface area contributed by atoms with Gasteiger partial charge in [-0.2, -0.15) is 0 Å². The molecule has 1 heterocycles. The largest absolute Gasteiger partial charge is 0.478 e. The summed E-state index contributed by atoms with van der Waals surface area (Å²) in [5.41, 5.74) is 6.41. The van der Waals surface area contributed by atoms with Gasteiger partial charge in [0.2, 0.25) is 0 Å². The summed E-state index contributed by atoms with van der Waals surface area (Å²) in [7, 11) is 0. The molecule has 0 aliphatic carbocycles. The van der Waals surface area contributed by atoms with Gasteiger partial charge >= 0.3 is 5.97 Å². The summed E-state index contributed by atoms with van der Waals surface area (Å²) >= 11 is 3.21. The lowest BCUT2D eigenvalue weighted by Crippen LogP contribution is -2.09. The summed E-state index contributed by atoms with van der Waals surface area (Å²) in [5.74, 6) is -0.996. The van der Waals surface area contributed by atoms with Gasteiger partial charge < -0.3 is 10.8 Å². The van der Waals surface area contributed by atoms with E-state index in [1.165, 1.54) is 12.3 Å². The molecule has 3 N–H and O–H groups in total. The van der Waals surface area contributed by atoms with Gasteiger partial charge in [0, 0.05) is 16.7 Å². The minimum atomic E-state index is -0.996. The van der Waals surface area contributed by atoms with Crippen LogP contribution < -0.4 is 5.73 Å². The van der Waals surface area contributed by atoms with E-state index in [4.69, 9.17) is 10.8 Å². The Bertz CT molecular complexity index is 339. The second kappa shape index (κ2) is 3.85. The Labute approximate surface area is 83.9 Å². The second-order valence-corrected chi connectivity index (χ2v) is 3.54. The van der Waals surface area contributed by atoms with E-state index in [1.54, 1.807) is 6.92 Å². The molecule has 5 heteroatoms. The van der Waals surface area contributed by atoms with Gasteiger partial charge in [0.25, 0.3) is 0 Å². The van der Waals surface area contributed by atoms with Crippen molar-refractivity contribution in [1.29, 1.82) is 0 Å². The Morgan fingerprint density at radius 3 is 2.77 bits per heavy atom. The Morgan fingerprint density at radius 1 is 1.77 bits per heavy atom. The van der Waals surface area contributed by atoms with Crippen LogP contribution >= 0.6 is 15.9 Å². The van der Waals surface area contributed by atoms with E-state index < -0.39 is 5.97 Å². The molecule has 1 aromatic rings. The Hall–Kier alpha value is -0.940. The van der Waals surface area contributed by atoms with E-state index in [9.17, 15) is 4.79 Å². The van der Waals surface area contributed by atoms with Crippen LogP contribution in [0.4, 0.5) is 0 Å². The molecular weight excluding hydrogens is 236 g/mol. The number of nitrogens with two attached hydrogens (primary N) is 1. The highest BCUT2D eigenvalue weighted by Gasteiger charge is 2.10. The fraction of sp³-hybridized carbons (Fsp3) is 0.250. The Balaban J connectivity index is 3.13. The summed E-state index contributed by atoms with van der Waals surface area (Å²) in [6.45, 7) is 1.79. The van der Waals surface area contributed by atoms with Crippen LogP contribution in [0, 0.1) is 0 Å². The molecule has 0 aliphatic heterocycles. The van der Waals surface area contributed by atoms with Crippen LogP contribution in [0.25, 0.3) is 0 Å². The summed E-state index contributed by atoms with van der Waals surface area (Å²) in [6, 6.07) is 1.28. The highest BCUT2D eigenvalue weighted by atomic mass is 79.9. The zero-order valence-corrected chi connectivity index (χ0v) is 8.58. The number of carbonyl (C=O) groups is 1. The molecule has 1 rings (SSSR count). The van der Waals surface area contributed by atoms with Crippen LogP contribution in [0.5, 0.6) is 0 Å². The van der Waals surface area contributed by atoms with Crippen LogP contribution in [-0.4, -0.2) is 16.1 Å². The van der Waals surface area contributed by atoms with Gasteiger partial charge in [-0.3, -0.25) is 4.98 Å². The normalized spacial score (nSPS) is 12.5. The van der Waals surface area contributed by atoms with Crippen molar-refractivity contribution in [3.8, 4) is 0 Å². The van der Waals surface area contributed by atoms with Gasteiger partial charge in [-0.1, -0.05) is 0 Å². The van der Waals surface area contributed by atoms with Gasteiger partial charge in [0.05, 0.1) is 11.3 Å². The smallest absolute Gasteiger partial charge is 0.337 e. The highest BCUT2D eigenvalue weighted by Crippen LogP contribution is 2.20. The fourth-order valence-corrected chi connectivity index (χ4v) is 1.61. The molecule has 0 radical (unpaired) electrons. The number of hydrogen-bond donors (Lipinski definition) is 2. The fourth-order valence-electron chi connectivity index (χ4n) is 0.901. The summed E-state index contributed by atoms with van der Waals surface area (Å²) in [5, 5.41) is 8.65. The maximum absolute atomic E-state index is 10.5. The topological polar surface area (TPSA) is 76.2 Å². The number of halogens is 1. The molecule has 0 saturated heterocycles. The summed E-state index contributed by atoms with van der Waals surface area (Å²) < 4.78 is 0.627. The van der Waals surface area contributed by atoms with Crippen molar-refractivity contribution in [1.82, 2.24) is 4.98 Å². The van der Waals surface area contributed by atoms with E-state index in [0.717, 1.165) is 0 Å². The lowest BCUT2D eigenvalue weighted by atomic mass is 10.2. The van der Waals surface area contributed by atoms with Gasteiger partial charge in [0.15, 0.2) is 0 Å². The number of hydrogen-bond acceptors (Lipinski definition) is 3. The SMILES string of the molecule is C[C@H](N)c1ncc(C(=O)O)cc1Br. The van der Waals surface area contributed by atoms with Crippen LogP contribution in [-0.2, 0) is 0 Å². The molecule has 0 spiro atoms. The minimum Gasteiger partial charge on any atom is -0.478 e. The van der Waals surface area contributed by atoms with Crippen molar-refractivity contribution in [2.75, 3.05) is 0 Å². The van der Waals surface area contributed by atoms with Crippen LogP contribution in [0.1, 0.15) is 29.0 Å². The van der Waals surface area contributed by atoms with Crippen molar-refractivity contribution >= 4 is 21.9 Å². The third-order valence-corrected chi connectivity index (χ3v) is 2.18. The van der Waals surface area contributed by atoms with E-state index in [2.05, 4.69) is 20.9 Å². The van der Waals surface area contributed by atoms with Gasteiger partial charge in [-0.15, -0.1) is 0 Å². The number of carboxylic acid groups (broad SMARTS) is 1. The highest BCUT2D eigenvalue weighted by molar-refractivity contribution is 9.10. The number of nitrogens with zero attached hydrogens (tertiary/aromatic N) is 1. The first kappa shape index (κ1) is 10.1. The Morgan fingerprint density at radius 2 is 2.38 bits per heavy atom. The number of rotatable bonds is 2. The minimum absolute atomic E-state index is 0.149. The maximum atomic E-state index is 10.5. The van der Waals surface area contributed by atoms with Crippen LogP contribution in [0.15, 0.2) is 16.7 Å². The maximum Gasteiger partial charge on any atom is 0.337 e. The molecule has 0 amide bonds. The molecule has 0 bridgehead atoms.